The number of para-hydroxylation sites is 2. The quantitative estimate of drug-likeness (QED) is 0.172. The Hall–Kier alpha value is -6.35. The van der Waals surface area contributed by atoms with E-state index in [1.807, 2.05) is 12.1 Å². The van der Waals surface area contributed by atoms with Gasteiger partial charge < -0.3 is 9.80 Å². The van der Waals surface area contributed by atoms with Gasteiger partial charge in [0.2, 0.25) is 0 Å². The lowest BCUT2D eigenvalue weighted by Gasteiger charge is -2.32. The van der Waals surface area contributed by atoms with E-state index in [4.69, 9.17) is 11.6 Å². The zero-order valence-corrected chi connectivity index (χ0v) is 29.1. The standard InChI is InChI=1S/C49H33ClN2/c50-34-16-13-21-37(32-34)52(39-23-14-22-38(33-39)51(35-17-3-1-4-18-35)36-19-5-2-6-20-36)47-31-15-30-46-48(47)42-26-9-12-29-45(42)49(46)43-27-10-7-24-40(43)41-25-8-11-28-44(41)49/h1-33H. The van der Waals surface area contributed by atoms with Gasteiger partial charge in [0.25, 0.3) is 0 Å². The van der Waals surface area contributed by atoms with E-state index >= 15 is 0 Å². The van der Waals surface area contributed by atoms with Gasteiger partial charge >= 0.3 is 0 Å². The fourth-order valence-corrected chi connectivity index (χ4v) is 8.91. The molecule has 8 aromatic carbocycles. The molecule has 0 atom stereocenters. The molecule has 0 N–H and O–H groups in total. The van der Waals surface area contributed by atoms with E-state index in [-0.39, 0.29) is 0 Å². The van der Waals surface area contributed by atoms with E-state index in [0.29, 0.717) is 5.02 Å². The minimum atomic E-state index is -0.436. The van der Waals surface area contributed by atoms with Gasteiger partial charge in [0.1, 0.15) is 0 Å². The summed E-state index contributed by atoms with van der Waals surface area (Å²) >= 11 is 6.78. The summed E-state index contributed by atoms with van der Waals surface area (Å²) in [5, 5.41) is 0.692. The third-order valence-corrected chi connectivity index (χ3v) is 10.9. The minimum Gasteiger partial charge on any atom is -0.310 e. The second-order valence-electron chi connectivity index (χ2n) is 13.4. The van der Waals surface area contributed by atoms with Gasteiger partial charge in [-0.15, -0.1) is 0 Å². The Morgan fingerprint density at radius 3 is 1.35 bits per heavy atom. The lowest BCUT2D eigenvalue weighted by Crippen LogP contribution is -2.26. The van der Waals surface area contributed by atoms with Crippen molar-refractivity contribution in [2.75, 3.05) is 9.80 Å². The Kier molecular flexibility index (Phi) is 7.12. The van der Waals surface area contributed by atoms with Crippen LogP contribution in [-0.2, 0) is 5.41 Å². The summed E-state index contributed by atoms with van der Waals surface area (Å²) in [6.45, 7) is 0. The molecule has 0 aliphatic heterocycles. The molecule has 0 radical (unpaired) electrons. The molecule has 1 spiro atoms. The lowest BCUT2D eigenvalue weighted by molar-refractivity contribution is 0.794. The molecule has 8 aromatic rings. The summed E-state index contributed by atoms with van der Waals surface area (Å²) in [7, 11) is 0. The van der Waals surface area contributed by atoms with Crippen LogP contribution >= 0.6 is 11.6 Å². The SMILES string of the molecule is Clc1cccc(N(c2cccc(N(c3ccccc3)c3ccccc3)c2)c2cccc3c2-c2ccccc2C32c3ccccc3-c3ccccc32)c1. The fourth-order valence-electron chi connectivity index (χ4n) is 8.73. The van der Waals surface area contributed by atoms with E-state index in [1.54, 1.807) is 0 Å². The second kappa shape index (κ2) is 12.2. The Morgan fingerprint density at radius 2 is 0.750 bits per heavy atom. The molecule has 0 bridgehead atoms. The first-order valence-electron chi connectivity index (χ1n) is 17.7. The number of fused-ring (bicyclic) bond motifs is 10. The highest BCUT2D eigenvalue weighted by Gasteiger charge is 2.52. The Bertz CT molecular complexity index is 2530. The number of halogens is 1. The highest BCUT2D eigenvalue weighted by atomic mass is 35.5. The van der Waals surface area contributed by atoms with Crippen LogP contribution in [0.4, 0.5) is 34.1 Å². The summed E-state index contributed by atoms with van der Waals surface area (Å²) in [6.07, 6.45) is 0. The fraction of sp³-hybridized carbons (Fsp3) is 0.0204. The van der Waals surface area contributed by atoms with Gasteiger partial charge in [0, 0.05) is 39.0 Å². The molecule has 0 amide bonds. The number of hydrogen-bond acceptors (Lipinski definition) is 2. The summed E-state index contributed by atoms with van der Waals surface area (Å²) in [5.74, 6) is 0. The van der Waals surface area contributed by atoms with Gasteiger partial charge in [-0.3, -0.25) is 0 Å². The van der Waals surface area contributed by atoms with E-state index < -0.39 is 5.41 Å². The molecule has 2 aliphatic rings. The summed E-state index contributed by atoms with van der Waals surface area (Å²) in [6, 6.07) is 71.9. The van der Waals surface area contributed by atoms with Crippen LogP contribution in [0.5, 0.6) is 0 Å². The van der Waals surface area contributed by atoms with Crippen LogP contribution in [0.1, 0.15) is 22.3 Å². The van der Waals surface area contributed by atoms with Crippen LogP contribution < -0.4 is 9.80 Å². The van der Waals surface area contributed by atoms with Crippen molar-refractivity contribution >= 4 is 45.7 Å². The molecule has 0 aromatic heterocycles. The Morgan fingerprint density at radius 1 is 0.327 bits per heavy atom. The number of nitrogens with zero attached hydrogens (tertiary/aromatic N) is 2. The zero-order chi connectivity index (χ0) is 34.6. The van der Waals surface area contributed by atoms with Crippen molar-refractivity contribution in [2.45, 2.75) is 5.41 Å². The molecule has 246 valence electrons. The Labute approximate surface area is 309 Å². The first-order valence-corrected chi connectivity index (χ1v) is 18.1. The maximum atomic E-state index is 6.78. The molecule has 10 rings (SSSR count). The van der Waals surface area contributed by atoms with Crippen molar-refractivity contribution in [1.82, 2.24) is 0 Å². The third kappa shape index (κ3) is 4.51. The maximum Gasteiger partial charge on any atom is 0.0726 e. The number of anilines is 6. The highest BCUT2D eigenvalue weighted by Crippen LogP contribution is 2.64. The smallest absolute Gasteiger partial charge is 0.0726 e. The zero-order valence-electron chi connectivity index (χ0n) is 28.3. The molecule has 2 nitrogen and oxygen atoms in total. The van der Waals surface area contributed by atoms with Crippen molar-refractivity contribution < 1.29 is 0 Å². The molecule has 0 unspecified atom stereocenters. The summed E-state index contributed by atoms with van der Waals surface area (Å²) in [5.41, 5.74) is 16.3. The van der Waals surface area contributed by atoms with Gasteiger partial charge in [-0.2, -0.15) is 0 Å². The van der Waals surface area contributed by atoms with Crippen LogP contribution in [-0.4, -0.2) is 0 Å². The topological polar surface area (TPSA) is 6.48 Å². The Balaban J connectivity index is 1.24. The molecule has 0 fully saturated rings. The first-order chi connectivity index (χ1) is 25.7. The number of benzene rings is 8. The molecular weight excluding hydrogens is 652 g/mol. The average Bonchev–Trinajstić information content (AvgIpc) is 3.67. The monoisotopic (exact) mass is 684 g/mol. The summed E-state index contributed by atoms with van der Waals surface area (Å²) < 4.78 is 0. The molecule has 0 saturated heterocycles. The van der Waals surface area contributed by atoms with Crippen molar-refractivity contribution in [1.29, 1.82) is 0 Å². The van der Waals surface area contributed by atoms with Crippen LogP contribution in [0, 0.1) is 0 Å². The lowest BCUT2D eigenvalue weighted by atomic mass is 9.70. The molecule has 0 saturated carbocycles. The third-order valence-electron chi connectivity index (χ3n) is 10.7. The van der Waals surface area contributed by atoms with Gasteiger partial charge in [-0.1, -0.05) is 145 Å². The van der Waals surface area contributed by atoms with Gasteiger partial charge in [0.05, 0.1) is 11.1 Å². The van der Waals surface area contributed by atoms with E-state index in [0.717, 1.165) is 34.1 Å². The van der Waals surface area contributed by atoms with E-state index in [2.05, 4.69) is 198 Å². The number of rotatable bonds is 6. The van der Waals surface area contributed by atoms with Crippen LogP contribution in [0.2, 0.25) is 5.02 Å². The van der Waals surface area contributed by atoms with Gasteiger partial charge in [-0.05, 0) is 106 Å². The van der Waals surface area contributed by atoms with Gasteiger partial charge in [-0.25, -0.2) is 0 Å². The first kappa shape index (κ1) is 30.5. The number of hydrogen-bond donors (Lipinski definition) is 0. The van der Waals surface area contributed by atoms with Crippen molar-refractivity contribution in [3.05, 3.63) is 227 Å². The molecule has 3 heteroatoms. The predicted molar refractivity (Wildman–Crippen MR) is 217 cm³/mol. The molecule has 0 heterocycles. The highest BCUT2D eigenvalue weighted by molar-refractivity contribution is 6.30. The molecule has 2 aliphatic carbocycles. The molecular formula is C49H33ClN2. The van der Waals surface area contributed by atoms with Crippen LogP contribution in [0.3, 0.4) is 0 Å². The van der Waals surface area contributed by atoms with Crippen molar-refractivity contribution in [3.8, 4) is 22.3 Å². The van der Waals surface area contributed by atoms with Crippen molar-refractivity contribution in [3.63, 3.8) is 0 Å². The van der Waals surface area contributed by atoms with Crippen LogP contribution in [0.15, 0.2) is 200 Å². The second-order valence-corrected chi connectivity index (χ2v) is 13.9. The van der Waals surface area contributed by atoms with Gasteiger partial charge in [0.15, 0.2) is 0 Å². The largest absolute Gasteiger partial charge is 0.310 e. The predicted octanol–water partition coefficient (Wildman–Crippen LogP) is 13.6. The van der Waals surface area contributed by atoms with E-state index in [1.165, 1.54) is 44.5 Å². The normalized spacial score (nSPS) is 12.9. The minimum absolute atomic E-state index is 0.436. The van der Waals surface area contributed by atoms with Crippen LogP contribution in [0.25, 0.3) is 22.3 Å². The van der Waals surface area contributed by atoms with E-state index in [9.17, 15) is 0 Å². The summed E-state index contributed by atoms with van der Waals surface area (Å²) in [4.78, 5) is 4.69. The maximum absolute atomic E-state index is 6.78. The average molecular weight is 685 g/mol. The van der Waals surface area contributed by atoms with Crippen molar-refractivity contribution in [2.24, 2.45) is 0 Å². The molecule has 52 heavy (non-hydrogen) atoms.